The molecule has 0 amide bonds. The number of nitrogens with zero attached hydrogens (tertiary/aromatic N) is 2. The Hall–Kier alpha value is -0.770. The van der Waals surface area contributed by atoms with Crippen molar-refractivity contribution in [3.8, 4) is 0 Å². The number of rotatable bonds is 6. The monoisotopic (exact) mass is 293 g/mol. The molecule has 112 valence electrons. The van der Waals surface area contributed by atoms with Crippen molar-refractivity contribution in [2.45, 2.75) is 69.6 Å². The first-order valence-electron chi connectivity index (χ1n) is 7.99. The summed E-state index contributed by atoms with van der Waals surface area (Å²) in [5.41, 5.74) is 0. The largest absolute Gasteiger partial charge is 0.370 e. The van der Waals surface area contributed by atoms with Gasteiger partial charge in [-0.25, -0.2) is 9.97 Å². The molecule has 1 aromatic rings. The number of anilines is 1. The fourth-order valence-corrected chi connectivity index (χ4v) is 4.08. The maximum absolute atomic E-state index is 4.69. The number of aryl methyl sites for hydroxylation is 1. The van der Waals surface area contributed by atoms with Gasteiger partial charge in [-0.2, -0.15) is 0 Å². The van der Waals surface area contributed by atoms with Crippen molar-refractivity contribution in [2.75, 3.05) is 11.9 Å². The quantitative estimate of drug-likeness (QED) is 0.782. The van der Waals surface area contributed by atoms with E-state index in [0.717, 1.165) is 47.2 Å². The van der Waals surface area contributed by atoms with Crippen LogP contribution in [0.4, 0.5) is 5.82 Å². The van der Waals surface area contributed by atoms with Gasteiger partial charge in [0.05, 0.1) is 0 Å². The average molecular weight is 293 g/mol. The van der Waals surface area contributed by atoms with E-state index in [1.54, 1.807) is 0 Å². The Labute approximate surface area is 127 Å². The molecule has 1 heterocycles. The molecule has 0 saturated heterocycles. The summed E-state index contributed by atoms with van der Waals surface area (Å²) in [6.07, 6.45) is 7.44. The molecule has 1 aliphatic carbocycles. The van der Waals surface area contributed by atoms with Crippen LogP contribution in [0.5, 0.6) is 0 Å². The van der Waals surface area contributed by atoms with Crippen molar-refractivity contribution in [3.63, 3.8) is 0 Å². The fourth-order valence-electron chi connectivity index (χ4n) is 2.69. The van der Waals surface area contributed by atoms with Crippen LogP contribution in [0.3, 0.4) is 0 Å². The predicted octanol–water partition coefficient (Wildman–Crippen LogP) is 4.53. The third-order valence-electron chi connectivity index (χ3n) is 3.80. The van der Waals surface area contributed by atoms with Crippen LogP contribution in [-0.4, -0.2) is 21.8 Å². The fraction of sp³-hybridized carbons (Fsp3) is 0.750. The van der Waals surface area contributed by atoms with Crippen LogP contribution in [0.15, 0.2) is 11.1 Å². The number of hydrogen-bond donors (Lipinski definition) is 1. The van der Waals surface area contributed by atoms with Crippen molar-refractivity contribution in [1.82, 2.24) is 9.97 Å². The van der Waals surface area contributed by atoms with Crippen LogP contribution in [0.1, 0.15) is 58.7 Å². The summed E-state index contributed by atoms with van der Waals surface area (Å²) < 4.78 is 0. The van der Waals surface area contributed by atoms with Gasteiger partial charge in [0.1, 0.15) is 16.7 Å². The van der Waals surface area contributed by atoms with Crippen molar-refractivity contribution in [1.29, 1.82) is 0 Å². The SMILES string of the molecule is CCCNc1cc(SC2CCCC(C)C2)nc(CC)n1. The smallest absolute Gasteiger partial charge is 0.131 e. The Balaban J connectivity index is 2.05. The second kappa shape index (κ2) is 7.87. The first kappa shape index (κ1) is 15.6. The standard InChI is InChI=1S/C16H27N3S/c1-4-9-17-15-11-16(19-14(5-2)18-15)20-13-8-6-7-12(3)10-13/h11-13H,4-10H2,1-3H3,(H,17,18,19). The molecule has 0 spiro atoms. The Morgan fingerprint density at radius 3 is 2.85 bits per heavy atom. The second-order valence-electron chi connectivity index (χ2n) is 5.80. The molecule has 1 aromatic heterocycles. The van der Waals surface area contributed by atoms with E-state index in [2.05, 4.69) is 37.1 Å². The highest BCUT2D eigenvalue weighted by molar-refractivity contribution is 7.99. The Morgan fingerprint density at radius 1 is 1.30 bits per heavy atom. The van der Waals surface area contributed by atoms with E-state index >= 15 is 0 Å². The summed E-state index contributed by atoms with van der Waals surface area (Å²) in [5, 5.41) is 5.27. The van der Waals surface area contributed by atoms with Gasteiger partial charge in [-0.3, -0.25) is 0 Å². The summed E-state index contributed by atoms with van der Waals surface area (Å²) >= 11 is 1.95. The summed E-state index contributed by atoms with van der Waals surface area (Å²) in [4.78, 5) is 9.25. The van der Waals surface area contributed by atoms with Crippen molar-refractivity contribution >= 4 is 17.6 Å². The number of aromatic nitrogens is 2. The van der Waals surface area contributed by atoms with Gasteiger partial charge < -0.3 is 5.32 Å². The molecule has 2 unspecified atom stereocenters. The lowest BCUT2D eigenvalue weighted by atomic mass is 9.91. The van der Waals surface area contributed by atoms with Crippen LogP contribution in [0.25, 0.3) is 0 Å². The van der Waals surface area contributed by atoms with Gasteiger partial charge in [0.25, 0.3) is 0 Å². The van der Waals surface area contributed by atoms with Gasteiger partial charge in [-0.1, -0.05) is 33.6 Å². The van der Waals surface area contributed by atoms with E-state index in [1.807, 2.05) is 11.8 Å². The second-order valence-corrected chi connectivity index (χ2v) is 7.12. The highest BCUT2D eigenvalue weighted by Crippen LogP contribution is 2.35. The minimum absolute atomic E-state index is 0.734. The maximum Gasteiger partial charge on any atom is 0.131 e. The Kier molecular flexibility index (Phi) is 6.14. The van der Waals surface area contributed by atoms with Gasteiger partial charge in [0, 0.05) is 24.3 Å². The van der Waals surface area contributed by atoms with Crippen molar-refractivity contribution in [3.05, 3.63) is 11.9 Å². The zero-order valence-corrected chi connectivity index (χ0v) is 13.8. The van der Waals surface area contributed by atoms with Crippen LogP contribution in [0, 0.1) is 5.92 Å². The van der Waals surface area contributed by atoms with Crippen LogP contribution in [0.2, 0.25) is 0 Å². The third kappa shape index (κ3) is 4.65. The molecule has 0 aromatic carbocycles. The number of nitrogens with one attached hydrogen (secondary N) is 1. The minimum Gasteiger partial charge on any atom is -0.370 e. The molecule has 1 saturated carbocycles. The first-order chi connectivity index (χ1) is 9.71. The molecule has 2 rings (SSSR count). The Morgan fingerprint density at radius 2 is 2.15 bits per heavy atom. The molecule has 1 fully saturated rings. The lowest BCUT2D eigenvalue weighted by Crippen LogP contribution is -2.15. The van der Waals surface area contributed by atoms with E-state index < -0.39 is 0 Å². The summed E-state index contributed by atoms with van der Waals surface area (Å²) in [6.45, 7) is 7.65. The van der Waals surface area contributed by atoms with Crippen LogP contribution < -0.4 is 5.32 Å². The molecule has 1 aliphatic rings. The summed E-state index contributed by atoms with van der Waals surface area (Å²) in [6, 6.07) is 2.12. The van der Waals surface area contributed by atoms with Crippen LogP contribution >= 0.6 is 11.8 Å². The van der Waals surface area contributed by atoms with E-state index in [9.17, 15) is 0 Å². The molecule has 20 heavy (non-hydrogen) atoms. The van der Waals surface area contributed by atoms with Gasteiger partial charge in [0.2, 0.25) is 0 Å². The zero-order valence-electron chi connectivity index (χ0n) is 13.0. The molecular formula is C16H27N3S. The van der Waals surface area contributed by atoms with Gasteiger partial charge >= 0.3 is 0 Å². The zero-order chi connectivity index (χ0) is 14.4. The molecule has 3 nitrogen and oxygen atoms in total. The molecule has 2 atom stereocenters. The normalized spacial score (nSPS) is 22.8. The van der Waals surface area contributed by atoms with E-state index in [1.165, 1.54) is 25.7 Å². The molecule has 0 aliphatic heterocycles. The summed E-state index contributed by atoms with van der Waals surface area (Å²) in [5.74, 6) is 2.81. The van der Waals surface area contributed by atoms with Crippen LogP contribution in [-0.2, 0) is 6.42 Å². The topological polar surface area (TPSA) is 37.8 Å². The summed E-state index contributed by atoms with van der Waals surface area (Å²) in [7, 11) is 0. The van der Waals surface area contributed by atoms with Crippen molar-refractivity contribution in [2.24, 2.45) is 5.92 Å². The van der Waals surface area contributed by atoms with Gasteiger partial charge in [-0.05, 0) is 25.2 Å². The lowest BCUT2D eigenvalue weighted by molar-refractivity contribution is 0.394. The molecule has 0 radical (unpaired) electrons. The Bertz CT molecular complexity index is 422. The maximum atomic E-state index is 4.69. The van der Waals surface area contributed by atoms with E-state index in [4.69, 9.17) is 4.98 Å². The molecular weight excluding hydrogens is 266 g/mol. The van der Waals surface area contributed by atoms with E-state index in [0.29, 0.717) is 0 Å². The average Bonchev–Trinajstić information content (AvgIpc) is 2.45. The molecule has 4 heteroatoms. The number of hydrogen-bond acceptors (Lipinski definition) is 4. The highest BCUT2D eigenvalue weighted by atomic mass is 32.2. The van der Waals surface area contributed by atoms with Crippen molar-refractivity contribution < 1.29 is 0 Å². The first-order valence-corrected chi connectivity index (χ1v) is 8.87. The third-order valence-corrected chi connectivity index (χ3v) is 5.01. The van der Waals surface area contributed by atoms with Gasteiger partial charge in [0.15, 0.2) is 0 Å². The van der Waals surface area contributed by atoms with Gasteiger partial charge in [-0.15, -0.1) is 11.8 Å². The lowest BCUT2D eigenvalue weighted by Gasteiger charge is -2.26. The molecule has 0 bridgehead atoms. The molecule has 1 N–H and O–H groups in total. The number of thioether (sulfide) groups is 1. The van der Waals surface area contributed by atoms with E-state index in [-0.39, 0.29) is 0 Å². The highest BCUT2D eigenvalue weighted by Gasteiger charge is 2.20. The predicted molar refractivity (Wildman–Crippen MR) is 87.5 cm³/mol. The minimum atomic E-state index is 0.734.